The summed E-state index contributed by atoms with van der Waals surface area (Å²) in [4.78, 5) is 14.6. The molecule has 0 saturated heterocycles. The van der Waals surface area contributed by atoms with E-state index in [2.05, 4.69) is 68.3 Å². The number of fused-ring (bicyclic) bond motifs is 1. The van der Waals surface area contributed by atoms with Crippen LogP contribution in [-0.2, 0) is 0 Å². The molecule has 1 amide bonds. The van der Waals surface area contributed by atoms with Crippen LogP contribution in [0.25, 0.3) is 5.57 Å². The Morgan fingerprint density at radius 1 is 1.21 bits per heavy atom. The molecule has 2 aromatic rings. The Morgan fingerprint density at radius 2 is 1.96 bits per heavy atom. The number of allylic oxidation sites excluding steroid dienone is 1. The summed E-state index contributed by atoms with van der Waals surface area (Å²) in [6.07, 6.45) is 3.96. The monoisotopic (exact) mass is 395 g/mol. The lowest BCUT2D eigenvalue weighted by atomic mass is 9.87. The summed E-state index contributed by atoms with van der Waals surface area (Å²) in [5.74, 6) is -0.291. The summed E-state index contributed by atoms with van der Waals surface area (Å²) >= 11 is 5.93. The minimum Gasteiger partial charge on any atom is -0.360 e. The number of amides is 1. The van der Waals surface area contributed by atoms with E-state index in [9.17, 15) is 4.79 Å². The van der Waals surface area contributed by atoms with Crippen LogP contribution in [0.4, 0.5) is 5.69 Å². The van der Waals surface area contributed by atoms with Gasteiger partial charge in [-0.05, 0) is 76.1 Å². The van der Waals surface area contributed by atoms with Crippen LogP contribution in [0.15, 0.2) is 53.6 Å². The maximum absolute atomic E-state index is 12.2. The van der Waals surface area contributed by atoms with Gasteiger partial charge in [-0.3, -0.25) is 4.79 Å². The molecule has 0 fully saturated rings. The van der Waals surface area contributed by atoms with Crippen LogP contribution >= 0.6 is 11.6 Å². The lowest BCUT2D eigenvalue weighted by Gasteiger charge is -2.46. The van der Waals surface area contributed by atoms with Crippen LogP contribution in [-0.4, -0.2) is 23.7 Å². The van der Waals surface area contributed by atoms with Gasteiger partial charge in [-0.15, -0.1) is 0 Å². The van der Waals surface area contributed by atoms with Crippen LogP contribution in [0.3, 0.4) is 0 Å². The minimum atomic E-state index is -0.291. The van der Waals surface area contributed by atoms with Gasteiger partial charge in [-0.2, -0.15) is 5.10 Å². The molecule has 5 heteroatoms. The van der Waals surface area contributed by atoms with Gasteiger partial charge in [0.2, 0.25) is 0 Å². The highest BCUT2D eigenvalue weighted by atomic mass is 35.5. The maximum atomic E-state index is 12.2. The third-order valence-corrected chi connectivity index (χ3v) is 5.11. The van der Waals surface area contributed by atoms with Crippen molar-refractivity contribution in [3.8, 4) is 0 Å². The van der Waals surface area contributed by atoms with Gasteiger partial charge in [-0.25, -0.2) is 5.43 Å². The first-order valence-electron chi connectivity index (χ1n) is 9.41. The van der Waals surface area contributed by atoms with E-state index in [0.717, 1.165) is 5.56 Å². The van der Waals surface area contributed by atoms with Crippen molar-refractivity contribution in [1.29, 1.82) is 0 Å². The number of hydrogen-bond donors (Lipinski definition) is 1. The highest BCUT2D eigenvalue weighted by Crippen LogP contribution is 2.40. The van der Waals surface area contributed by atoms with Gasteiger partial charge in [0.05, 0.1) is 11.8 Å². The van der Waals surface area contributed by atoms with E-state index in [-0.39, 0.29) is 11.4 Å². The van der Waals surface area contributed by atoms with Crippen LogP contribution < -0.4 is 10.3 Å². The van der Waals surface area contributed by atoms with Crippen LogP contribution in [0.5, 0.6) is 0 Å². The van der Waals surface area contributed by atoms with Crippen LogP contribution in [0, 0.1) is 0 Å². The molecule has 0 saturated carbocycles. The summed E-state index contributed by atoms with van der Waals surface area (Å²) in [6, 6.07) is 13.4. The molecular weight excluding hydrogens is 370 g/mol. The fourth-order valence-electron chi connectivity index (χ4n) is 3.95. The standard InChI is InChI=1S/C23H26ClN3O/c1-15(2)27-21-10-9-17(11-20(21)16(3)13-23(27,4)5)14-25-26-22(28)18-7-6-8-19(24)12-18/h6-15H,1-5H3,(H,26,28)/b25-14+. The molecule has 3 rings (SSSR count). The number of carbonyl (C=O) groups excluding carboxylic acids is 1. The first-order valence-corrected chi connectivity index (χ1v) is 9.79. The molecule has 28 heavy (non-hydrogen) atoms. The van der Waals surface area contributed by atoms with Gasteiger partial charge in [0.25, 0.3) is 5.91 Å². The molecule has 1 aliphatic heterocycles. The number of anilines is 1. The molecule has 2 aromatic carbocycles. The summed E-state index contributed by atoms with van der Waals surface area (Å²) in [5.41, 5.74) is 7.58. The second-order valence-electron chi connectivity index (χ2n) is 7.93. The topological polar surface area (TPSA) is 44.7 Å². The van der Waals surface area contributed by atoms with Crippen molar-refractivity contribution in [1.82, 2.24) is 5.43 Å². The number of carbonyl (C=O) groups is 1. The fourth-order valence-corrected chi connectivity index (χ4v) is 4.14. The van der Waals surface area contributed by atoms with Crippen molar-refractivity contribution >= 4 is 35.0 Å². The van der Waals surface area contributed by atoms with E-state index in [4.69, 9.17) is 11.6 Å². The predicted molar refractivity (Wildman–Crippen MR) is 118 cm³/mol. The number of benzene rings is 2. The average molecular weight is 396 g/mol. The number of nitrogens with zero attached hydrogens (tertiary/aromatic N) is 2. The number of nitrogens with one attached hydrogen (secondary N) is 1. The van der Waals surface area contributed by atoms with Crippen molar-refractivity contribution in [2.45, 2.75) is 46.2 Å². The van der Waals surface area contributed by atoms with Crippen molar-refractivity contribution in [2.75, 3.05) is 4.90 Å². The largest absolute Gasteiger partial charge is 0.360 e. The molecule has 0 aliphatic carbocycles. The van der Waals surface area contributed by atoms with Gasteiger partial charge in [0.1, 0.15) is 0 Å². The predicted octanol–water partition coefficient (Wildman–Crippen LogP) is 5.51. The number of hydrogen-bond acceptors (Lipinski definition) is 3. The van der Waals surface area contributed by atoms with Crippen molar-refractivity contribution < 1.29 is 4.79 Å². The quantitative estimate of drug-likeness (QED) is 0.547. The number of hydrazone groups is 1. The molecule has 4 nitrogen and oxygen atoms in total. The lowest BCUT2D eigenvalue weighted by molar-refractivity contribution is 0.0955. The van der Waals surface area contributed by atoms with Gasteiger partial charge in [0.15, 0.2) is 0 Å². The second kappa shape index (κ2) is 7.80. The Morgan fingerprint density at radius 3 is 2.64 bits per heavy atom. The van der Waals surface area contributed by atoms with Gasteiger partial charge >= 0.3 is 0 Å². The third kappa shape index (κ3) is 4.12. The number of halogens is 1. The zero-order valence-corrected chi connectivity index (χ0v) is 17.7. The molecule has 1 N–H and O–H groups in total. The molecule has 0 unspecified atom stereocenters. The van der Waals surface area contributed by atoms with E-state index >= 15 is 0 Å². The highest BCUT2D eigenvalue weighted by molar-refractivity contribution is 6.30. The zero-order chi connectivity index (χ0) is 20.5. The molecule has 1 heterocycles. The van der Waals surface area contributed by atoms with Gasteiger partial charge in [-0.1, -0.05) is 29.8 Å². The average Bonchev–Trinajstić information content (AvgIpc) is 2.61. The van der Waals surface area contributed by atoms with E-state index < -0.39 is 0 Å². The van der Waals surface area contributed by atoms with E-state index in [0.29, 0.717) is 16.6 Å². The first kappa shape index (κ1) is 20.2. The lowest BCUT2D eigenvalue weighted by Crippen LogP contribution is -2.49. The third-order valence-electron chi connectivity index (χ3n) is 4.88. The fraction of sp³-hybridized carbons (Fsp3) is 0.304. The van der Waals surface area contributed by atoms with Crippen molar-refractivity contribution in [3.05, 3.63) is 70.3 Å². The Balaban J connectivity index is 1.81. The molecule has 146 valence electrons. The molecule has 0 aromatic heterocycles. The minimum absolute atomic E-state index is 0.0359. The Bertz CT molecular complexity index is 960. The van der Waals surface area contributed by atoms with E-state index in [1.807, 2.05) is 6.07 Å². The summed E-state index contributed by atoms with van der Waals surface area (Å²) in [7, 11) is 0. The Hall–Kier alpha value is -2.59. The molecule has 0 bridgehead atoms. The van der Waals surface area contributed by atoms with Gasteiger partial charge in [0, 0.05) is 27.9 Å². The van der Waals surface area contributed by atoms with Crippen molar-refractivity contribution in [3.63, 3.8) is 0 Å². The summed E-state index contributed by atoms with van der Waals surface area (Å²) < 4.78 is 0. The van der Waals surface area contributed by atoms with E-state index in [1.54, 1.807) is 30.5 Å². The molecular formula is C23H26ClN3O. The second-order valence-corrected chi connectivity index (χ2v) is 8.37. The normalized spacial score (nSPS) is 15.5. The summed E-state index contributed by atoms with van der Waals surface area (Å²) in [6.45, 7) is 11.0. The zero-order valence-electron chi connectivity index (χ0n) is 17.0. The SMILES string of the molecule is CC1=CC(C)(C)N(C(C)C)c2ccc(/C=N/NC(=O)c3cccc(Cl)c3)cc21. The van der Waals surface area contributed by atoms with Crippen molar-refractivity contribution in [2.24, 2.45) is 5.10 Å². The highest BCUT2D eigenvalue weighted by Gasteiger charge is 2.32. The molecule has 0 atom stereocenters. The van der Waals surface area contributed by atoms with Crippen LogP contribution in [0.2, 0.25) is 5.02 Å². The summed E-state index contributed by atoms with van der Waals surface area (Å²) in [5, 5.41) is 4.62. The smallest absolute Gasteiger partial charge is 0.271 e. The van der Waals surface area contributed by atoms with Gasteiger partial charge < -0.3 is 4.90 Å². The van der Waals surface area contributed by atoms with Crippen LogP contribution in [0.1, 0.15) is 56.1 Å². The van der Waals surface area contributed by atoms with E-state index in [1.165, 1.54) is 16.8 Å². The number of rotatable bonds is 4. The first-order chi connectivity index (χ1) is 13.2. The Kier molecular flexibility index (Phi) is 5.61. The Labute approximate surface area is 171 Å². The molecule has 1 aliphatic rings. The molecule has 0 radical (unpaired) electrons. The molecule has 0 spiro atoms. The maximum Gasteiger partial charge on any atom is 0.271 e.